The number of aromatic nitrogens is 1. The van der Waals surface area contributed by atoms with Crippen LogP contribution in [-0.4, -0.2) is 70.3 Å². The zero-order valence-electron chi connectivity index (χ0n) is 28.4. The molecule has 1 rings (SSSR count). The predicted molar refractivity (Wildman–Crippen MR) is 169 cm³/mol. The van der Waals surface area contributed by atoms with Gasteiger partial charge in [0.15, 0.2) is 0 Å². The number of nitrogens with one attached hydrogen (secondary N) is 3. The summed E-state index contributed by atoms with van der Waals surface area (Å²) in [6.45, 7) is 15.7. The van der Waals surface area contributed by atoms with Gasteiger partial charge in [-0.15, -0.1) is 0 Å². The second kappa shape index (κ2) is 17.9. The number of esters is 3. The van der Waals surface area contributed by atoms with E-state index in [-0.39, 0.29) is 38.3 Å². The van der Waals surface area contributed by atoms with Crippen molar-refractivity contribution in [2.75, 3.05) is 6.54 Å². The Morgan fingerprint density at radius 1 is 0.826 bits per heavy atom. The molecule has 1 heterocycles. The summed E-state index contributed by atoms with van der Waals surface area (Å²) in [6, 6.07) is 0.0951. The normalized spacial score (nSPS) is 12.9. The van der Waals surface area contributed by atoms with Gasteiger partial charge in [0.05, 0.1) is 12.1 Å². The number of carbonyl (C=O) groups excluding carboxylic acids is 5. The van der Waals surface area contributed by atoms with Crippen molar-refractivity contribution in [3.63, 3.8) is 0 Å². The van der Waals surface area contributed by atoms with Crippen molar-refractivity contribution >= 4 is 29.8 Å². The van der Waals surface area contributed by atoms with Crippen LogP contribution in [0.3, 0.4) is 0 Å². The van der Waals surface area contributed by atoms with Gasteiger partial charge in [-0.2, -0.15) is 0 Å². The van der Waals surface area contributed by atoms with Gasteiger partial charge < -0.3 is 30.2 Å². The second-order valence-electron chi connectivity index (χ2n) is 13.6. The van der Waals surface area contributed by atoms with E-state index < -0.39 is 52.8 Å². The monoisotopic (exact) mass is 647 g/mol. The molecule has 0 spiro atoms. The van der Waals surface area contributed by atoms with Crippen LogP contribution in [0.15, 0.2) is 23.4 Å². The van der Waals surface area contributed by atoms with E-state index in [1.165, 1.54) is 6.20 Å². The second-order valence-corrected chi connectivity index (χ2v) is 13.6. The molecule has 15 heteroatoms. The number of hydrogen-bond acceptors (Lipinski definition) is 10. The Kier molecular flexibility index (Phi) is 15.4. The fraction of sp³-hybridized carbons (Fsp3) is 0.677. The molecule has 256 valence electrons. The van der Waals surface area contributed by atoms with Crippen molar-refractivity contribution in [3.05, 3.63) is 40.0 Å². The van der Waals surface area contributed by atoms with Crippen molar-refractivity contribution in [1.29, 1.82) is 0 Å². The maximum absolute atomic E-state index is 13.1. The lowest BCUT2D eigenvalue weighted by atomic mass is 10.1. The van der Waals surface area contributed by atoms with Crippen LogP contribution in [0, 0.1) is 0 Å². The number of azide groups is 1. The molecule has 2 atom stereocenters. The Hall–Kier alpha value is -4.39. The number of rotatable bonds is 15. The minimum Gasteiger partial charge on any atom is -0.460 e. The van der Waals surface area contributed by atoms with E-state index in [4.69, 9.17) is 19.7 Å². The highest BCUT2D eigenvalue weighted by Crippen LogP contribution is 2.15. The summed E-state index contributed by atoms with van der Waals surface area (Å²) >= 11 is 0. The fourth-order valence-corrected chi connectivity index (χ4v) is 3.79. The van der Waals surface area contributed by atoms with E-state index in [0.717, 1.165) is 0 Å². The first-order chi connectivity index (χ1) is 21.2. The first kappa shape index (κ1) is 39.6. The van der Waals surface area contributed by atoms with Gasteiger partial charge in [0.2, 0.25) is 0 Å². The molecule has 0 aromatic carbocycles. The highest BCUT2D eigenvalue weighted by atomic mass is 16.6. The average Bonchev–Trinajstić information content (AvgIpc) is 2.90. The Balaban J connectivity index is 2.84. The SMILES string of the molecule is CC(C)(C)OC(=O)CC[C@H](NC(=O)N[C@@H](CCCCNC(=O)c1ccc(CN=[N+]=[N-])nc1)C(=O)OC(C)(C)C)C(=O)OC(C)(C)C. The molecular formula is C31H49N7O8. The fourth-order valence-electron chi connectivity index (χ4n) is 3.79. The zero-order chi connectivity index (χ0) is 35.1. The Bertz CT molecular complexity index is 1240. The van der Waals surface area contributed by atoms with E-state index in [0.29, 0.717) is 24.1 Å². The molecule has 0 radical (unpaired) electrons. The molecule has 1 aromatic rings. The number of pyridine rings is 1. The van der Waals surface area contributed by atoms with Crippen LogP contribution in [0.5, 0.6) is 0 Å². The molecule has 0 aliphatic heterocycles. The van der Waals surface area contributed by atoms with Gasteiger partial charge >= 0.3 is 23.9 Å². The molecule has 0 saturated heterocycles. The minimum atomic E-state index is -1.19. The molecule has 0 aliphatic carbocycles. The van der Waals surface area contributed by atoms with Gasteiger partial charge in [0.25, 0.3) is 5.91 Å². The van der Waals surface area contributed by atoms with E-state index in [1.54, 1.807) is 74.4 Å². The number of ether oxygens (including phenoxy) is 3. The lowest BCUT2D eigenvalue weighted by molar-refractivity contribution is -0.159. The number of hydrogen-bond donors (Lipinski definition) is 3. The topological polar surface area (TPSA) is 211 Å². The summed E-state index contributed by atoms with van der Waals surface area (Å²) in [5.74, 6) is -2.29. The van der Waals surface area contributed by atoms with Crippen LogP contribution in [0.25, 0.3) is 10.4 Å². The maximum atomic E-state index is 13.1. The Morgan fingerprint density at radius 3 is 1.85 bits per heavy atom. The van der Waals surface area contributed by atoms with Gasteiger partial charge in [-0.25, -0.2) is 14.4 Å². The van der Waals surface area contributed by atoms with Crippen molar-refractivity contribution in [1.82, 2.24) is 20.9 Å². The lowest BCUT2D eigenvalue weighted by Gasteiger charge is -2.27. The molecule has 0 bridgehead atoms. The van der Waals surface area contributed by atoms with Gasteiger partial charge in [-0.3, -0.25) is 14.6 Å². The predicted octanol–water partition coefficient (Wildman–Crippen LogP) is 4.63. The summed E-state index contributed by atoms with van der Waals surface area (Å²) in [5, 5.41) is 11.3. The van der Waals surface area contributed by atoms with Gasteiger partial charge in [-0.1, -0.05) is 5.11 Å². The number of carbonyl (C=O) groups is 5. The first-order valence-corrected chi connectivity index (χ1v) is 15.2. The number of urea groups is 1. The largest absolute Gasteiger partial charge is 0.460 e. The molecule has 15 nitrogen and oxygen atoms in total. The van der Waals surface area contributed by atoms with Crippen molar-refractivity contribution in [2.24, 2.45) is 5.11 Å². The molecule has 0 saturated carbocycles. The lowest BCUT2D eigenvalue weighted by Crippen LogP contribution is -2.53. The van der Waals surface area contributed by atoms with Crippen LogP contribution in [0.2, 0.25) is 0 Å². The Labute approximate surface area is 270 Å². The summed E-state index contributed by atoms with van der Waals surface area (Å²) in [6.07, 6.45) is 2.24. The third kappa shape index (κ3) is 17.8. The highest BCUT2D eigenvalue weighted by Gasteiger charge is 2.31. The van der Waals surface area contributed by atoms with E-state index >= 15 is 0 Å². The first-order valence-electron chi connectivity index (χ1n) is 15.2. The third-order valence-corrected chi connectivity index (χ3v) is 5.64. The van der Waals surface area contributed by atoms with Crippen LogP contribution < -0.4 is 16.0 Å². The van der Waals surface area contributed by atoms with Crippen LogP contribution in [0.1, 0.15) is 110 Å². The average molecular weight is 648 g/mol. The third-order valence-electron chi connectivity index (χ3n) is 5.64. The van der Waals surface area contributed by atoms with Crippen LogP contribution in [0.4, 0.5) is 4.79 Å². The smallest absolute Gasteiger partial charge is 0.329 e. The summed E-state index contributed by atoms with van der Waals surface area (Å²) < 4.78 is 16.2. The van der Waals surface area contributed by atoms with E-state index in [1.807, 2.05) is 0 Å². The zero-order valence-corrected chi connectivity index (χ0v) is 28.4. The van der Waals surface area contributed by atoms with Crippen molar-refractivity contribution < 1.29 is 38.2 Å². The molecule has 46 heavy (non-hydrogen) atoms. The molecule has 0 unspecified atom stereocenters. The maximum Gasteiger partial charge on any atom is 0.329 e. The summed E-state index contributed by atoms with van der Waals surface area (Å²) in [5.41, 5.74) is 6.88. The number of nitrogens with zero attached hydrogens (tertiary/aromatic N) is 4. The molecule has 0 aliphatic rings. The van der Waals surface area contributed by atoms with Crippen molar-refractivity contribution in [2.45, 2.75) is 130 Å². The van der Waals surface area contributed by atoms with E-state index in [9.17, 15) is 24.0 Å². The molecule has 1 aromatic heterocycles. The van der Waals surface area contributed by atoms with Gasteiger partial charge in [0, 0.05) is 29.8 Å². The standard InChI is InChI=1S/C31H49N7O8/c1-29(2,3)44-24(39)16-15-23(27(42)46-31(7,8)9)37-28(43)36-22(26(41)45-30(4,5)6)12-10-11-17-33-25(40)20-13-14-21(34-18-20)19-35-38-32/h13-14,18,22-23H,10-12,15-17,19H2,1-9H3,(H,33,40)(H2,36,37,43)/t22-,23-/m0/s1. The number of amides is 3. The highest BCUT2D eigenvalue weighted by molar-refractivity contribution is 5.93. The van der Waals surface area contributed by atoms with E-state index in [2.05, 4.69) is 31.0 Å². The quantitative estimate of drug-likeness (QED) is 0.0604. The molecule has 3 N–H and O–H groups in total. The van der Waals surface area contributed by atoms with Crippen LogP contribution in [-0.2, 0) is 35.1 Å². The summed E-state index contributed by atoms with van der Waals surface area (Å²) in [7, 11) is 0. The van der Waals surface area contributed by atoms with Gasteiger partial charge in [0.1, 0.15) is 28.9 Å². The Morgan fingerprint density at radius 2 is 1.37 bits per heavy atom. The molecule has 0 fully saturated rings. The summed E-state index contributed by atoms with van der Waals surface area (Å²) in [4.78, 5) is 70.4. The molecular weight excluding hydrogens is 598 g/mol. The van der Waals surface area contributed by atoms with Crippen LogP contribution >= 0.6 is 0 Å². The minimum absolute atomic E-state index is 0.0804. The van der Waals surface area contributed by atoms with Gasteiger partial charge in [-0.05, 0) is 106 Å². The number of unbranched alkanes of at least 4 members (excludes halogenated alkanes) is 1. The van der Waals surface area contributed by atoms with Crippen molar-refractivity contribution in [3.8, 4) is 0 Å². The molecule has 3 amide bonds.